The van der Waals surface area contributed by atoms with Gasteiger partial charge >= 0.3 is 0 Å². The standard InChI is InChI=1S/C11H11BrCl2/c1-2-8(7-13)5-9-3-4-10(12)6-11(9)14/h3-6H,2,7H2,1H3/b8-5-. The summed E-state index contributed by atoms with van der Waals surface area (Å²) in [5.74, 6) is 0.558. The first-order valence-electron chi connectivity index (χ1n) is 4.37. The molecular formula is C11H11BrCl2. The second-order valence-electron chi connectivity index (χ2n) is 2.96. The Hall–Kier alpha value is 0.0200. The number of halogens is 3. The molecule has 1 rings (SSSR count). The van der Waals surface area contributed by atoms with Gasteiger partial charge in [0.15, 0.2) is 0 Å². The van der Waals surface area contributed by atoms with Crippen molar-refractivity contribution in [1.29, 1.82) is 0 Å². The minimum atomic E-state index is 0.558. The molecule has 0 fully saturated rings. The van der Waals surface area contributed by atoms with Crippen LogP contribution in [0, 0.1) is 0 Å². The van der Waals surface area contributed by atoms with Crippen molar-refractivity contribution in [3.05, 3.63) is 38.8 Å². The molecule has 1 aromatic carbocycles. The van der Waals surface area contributed by atoms with Crippen LogP contribution < -0.4 is 0 Å². The monoisotopic (exact) mass is 292 g/mol. The summed E-state index contributed by atoms with van der Waals surface area (Å²) in [4.78, 5) is 0. The molecule has 3 heteroatoms. The Balaban J connectivity index is 3.02. The molecule has 0 nitrogen and oxygen atoms in total. The van der Waals surface area contributed by atoms with E-state index in [-0.39, 0.29) is 0 Å². The third-order valence-corrected chi connectivity index (χ3v) is 3.11. The van der Waals surface area contributed by atoms with Gasteiger partial charge in [-0.3, -0.25) is 0 Å². The van der Waals surface area contributed by atoms with Crippen LogP contribution in [-0.2, 0) is 0 Å². The van der Waals surface area contributed by atoms with Gasteiger partial charge in [0.2, 0.25) is 0 Å². The molecular weight excluding hydrogens is 283 g/mol. The van der Waals surface area contributed by atoms with E-state index in [4.69, 9.17) is 23.2 Å². The minimum absolute atomic E-state index is 0.558. The fourth-order valence-electron chi connectivity index (χ4n) is 1.07. The number of allylic oxidation sites excluding steroid dienone is 1. The molecule has 0 amide bonds. The number of hydrogen-bond donors (Lipinski definition) is 0. The van der Waals surface area contributed by atoms with Gasteiger partial charge in [0.1, 0.15) is 0 Å². The van der Waals surface area contributed by atoms with Crippen molar-refractivity contribution in [3.63, 3.8) is 0 Å². The van der Waals surface area contributed by atoms with Crippen molar-refractivity contribution >= 4 is 45.2 Å². The summed E-state index contributed by atoms with van der Waals surface area (Å²) in [7, 11) is 0. The highest BCUT2D eigenvalue weighted by Crippen LogP contribution is 2.24. The molecule has 0 aromatic heterocycles. The molecule has 76 valence electrons. The van der Waals surface area contributed by atoms with E-state index in [2.05, 4.69) is 22.9 Å². The van der Waals surface area contributed by atoms with Gasteiger partial charge in [-0.25, -0.2) is 0 Å². The maximum atomic E-state index is 6.07. The molecule has 0 aliphatic carbocycles. The lowest BCUT2D eigenvalue weighted by Gasteiger charge is -2.02. The summed E-state index contributed by atoms with van der Waals surface area (Å²) in [5, 5.41) is 0.746. The van der Waals surface area contributed by atoms with Crippen LogP contribution in [-0.4, -0.2) is 5.88 Å². The number of hydrogen-bond acceptors (Lipinski definition) is 0. The van der Waals surface area contributed by atoms with Crippen molar-refractivity contribution in [2.24, 2.45) is 0 Å². The van der Waals surface area contributed by atoms with Gasteiger partial charge in [-0.05, 0) is 24.1 Å². The zero-order valence-corrected chi connectivity index (χ0v) is 11.0. The summed E-state index contributed by atoms with van der Waals surface area (Å²) < 4.78 is 0.989. The Morgan fingerprint density at radius 3 is 2.71 bits per heavy atom. The lowest BCUT2D eigenvalue weighted by Crippen LogP contribution is -1.83. The third-order valence-electron chi connectivity index (χ3n) is 1.95. The van der Waals surface area contributed by atoms with Gasteiger partial charge in [-0.15, -0.1) is 11.6 Å². The summed E-state index contributed by atoms with van der Waals surface area (Å²) in [6, 6.07) is 5.84. The first kappa shape index (κ1) is 12.1. The second kappa shape index (κ2) is 5.79. The van der Waals surface area contributed by atoms with E-state index in [9.17, 15) is 0 Å². The summed E-state index contributed by atoms with van der Waals surface area (Å²) in [5.41, 5.74) is 2.21. The summed E-state index contributed by atoms with van der Waals surface area (Å²) in [6.45, 7) is 2.08. The first-order valence-corrected chi connectivity index (χ1v) is 6.08. The van der Waals surface area contributed by atoms with Gasteiger partial charge in [0, 0.05) is 15.4 Å². The SMILES string of the molecule is CC/C(=C/c1ccc(Br)cc1Cl)CCl. The molecule has 0 N–H and O–H groups in total. The number of rotatable bonds is 3. The molecule has 0 aliphatic rings. The Morgan fingerprint density at radius 2 is 2.21 bits per heavy atom. The quantitative estimate of drug-likeness (QED) is 0.677. The Morgan fingerprint density at radius 1 is 1.50 bits per heavy atom. The van der Waals surface area contributed by atoms with Gasteiger partial charge in [0.05, 0.1) is 0 Å². The molecule has 0 spiro atoms. The van der Waals surface area contributed by atoms with E-state index in [1.165, 1.54) is 5.57 Å². The Labute approximate surface area is 103 Å². The fourth-order valence-corrected chi connectivity index (χ4v) is 2.07. The van der Waals surface area contributed by atoms with E-state index in [0.29, 0.717) is 5.88 Å². The Kier molecular flexibility index (Phi) is 5.00. The smallest absolute Gasteiger partial charge is 0.0489 e. The van der Waals surface area contributed by atoms with E-state index in [1.807, 2.05) is 24.3 Å². The average molecular weight is 294 g/mol. The van der Waals surface area contributed by atoms with Crippen LogP contribution in [0.2, 0.25) is 5.02 Å². The normalized spacial score (nSPS) is 11.9. The zero-order chi connectivity index (χ0) is 10.6. The third kappa shape index (κ3) is 3.30. The zero-order valence-electron chi connectivity index (χ0n) is 7.86. The van der Waals surface area contributed by atoms with E-state index in [0.717, 1.165) is 21.5 Å². The van der Waals surface area contributed by atoms with Crippen molar-refractivity contribution in [2.45, 2.75) is 13.3 Å². The molecule has 0 saturated carbocycles. The lowest BCUT2D eigenvalue weighted by molar-refractivity contribution is 1.12. The second-order valence-corrected chi connectivity index (χ2v) is 4.55. The molecule has 1 aromatic rings. The lowest BCUT2D eigenvalue weighted by atomic mass is 10.1. The highest BCUT2D eigenvalue weighted by molar-refractivity contribution is 9.10. The van der Waals surface area contributed by atoms with Crippen LogP contribution in [0.4, 0.5) is 0 Å². The predicted molar refractivity (Wildman–Crippen MR) is 68.1 cm³/mol. The van der Waals surface area contributed by atoms with Crippen molar-refractivity contribution in [2.75, 3.05) is 5.88 Å². The minimum Gasteiger partial charge on any atom is -0.122 e. The maximum absolute atomic E-state index is 6.07. The van der Waals surface area contributed by atoms with E-state index >= 15 is 0 Å². The van der Waals surface area contributed by atoms with E-state index in [1.54, 1.807) is 0 Å². The van der Waals surface area contributed by atoms with Gasteiger partial charge < -0.3 is 0 Å². The van der Waals surface area contributed by atoms with Crippen LogP contribution in [0.3, 0.4) is 0 Å². The van der Waals surface area contributed by atoms with Gasteiger partial charge in [0.25, 0.3) is 0 Å². The fraction of sp³-hybridized carbons (Fsp3) is 0.273. The van der Waals surface area contributed by atoms with Crippen LogP contribution in [0.5, 0.6) is 0 Å². The molecule has 0 aliphatic heterocycles. The summed E-state index contributed by atoms with van der Waals surface area (Å²) >= 11 is 15.2. The van der Waals surface area contributed by atoms with Gasteiger partial charge in [-0.1, -0.05) is 52.2 Å². The molecule has 0 heterocycles. The van der Waals surface area contributed by atoms with Crippen LogP contribution in [0.25, 0.3) is 6.08 Å². The van der Waals surface area contributed by atoms with Crippen molar-refractivity contribution in [1.82, 2.24) is 0 Å². The maximum Gasteiger partial charge on any atom is 0.0489 e. The highest BCUT2D eigenvalue weighted by atomic mass is 79.9. The predicted octanol–water partition coefficient (Wildman–Crippen LogP) is 5.13. The number of alkyl halides is 1. The van der Waals surface area contributed by atoms with Crippen LogP contribution >= 0.6 is 39.1 Å². The summed E-state index contributed by atoms with van der Waals surface area (Å²) in [6.07, 6.45) is 3.00. The van der Waals surface area contributed by atoms with Crippen LogP contribution in [0.15, 0.2) is 28.2 Å². The van der Waals surface area contributed by atoms with Crippen molar-refractivity contribution < 1.29 is 0 Å². The highest BCUT2D eigenvalue weighted by Gasteiger charge is 1.99. The van der Waals surface area contributed by atoms with Gasteiger partial charge in [-0.2, -0.15) is 0 Å². The van der Waals surface area contributed by atoms with Crippen LogP contribution in [0.1, 0.15) is 18.9 Å². The molecule has 0 radical (unpaired) electrons. The number of benzene rings is 1. The molecule has 14 heavy (non-hydrogen) atoms. The largest absolute Gasteiger partial charge is 0.122 e. The van der Waals surface area contributed by atoms with E-state index < -0.39 is 0 Å². The molecule has 0 saturated heterocycles. The molecule has 0 unspecified atom stereocenters. The molecule has 0 atom stereocenters. The average Bonchev–Trinajstić information content (AvgIpc) is 2.17. The Bertz CT molecular complexity index is 339. The first-order chi connectivity index (χ1) is 6.67. The molecule has 0 bridgehead atoms. The van der Waals surface area contributed by atoms with Crippen molar-refractivity contribution in [3.8, 4) is 0 Å². The topological polar surface area (TPSA) is 0 Å².